The van der Waals surface area contributed by atoms with Gasteiger partial charge in [-0.15, -0.1) is 0 Å². The zero-order valence-corrected chi connectivity index (χ0v) is 13.9. The highest BCUT2D eigenvalue weighted by molar-refractivity contribution is 5.89. The minimum absolute atomic E-state index is 0.292. The van der Waals surface area contributed by atoms with Crippen LogP contribution in [-0.4, -0.2) is 58.8 Å². The predicted molar refractivity (Wildman–Crippen MR) is 84.8 cm³/mol. The van der Waals surface area contributed by atoms with Crippen LogP contribution in [0.15, 0.2) is 18.2 Å². The molecule has 1 amide bonds. The number of benzene rings is 1. The Bertz CT molecular complexity index is 569. The Balaban J connectivity index is 2.83. The third kappa shape index (κ3) is 5.21. The molecule has 0 aromatic heterocycles. The number of nitrogens with zero attached hydrogens (tertiary/aromatic N) is 1. The highest BCUT2D eigenvalue weighted by atomic mass is 16.5. The molecule has 0 N–H and O–H groups in total. The lowest BCUT2D eigenvalue weighted by Gasteiger charge is -2.12. The quantitative estimate of drug-likeness (QED) is 0.557. The summed E-state index contributed by atoms with van der Waals surface area (Å²) in [6, 6.07) is 3.38. The van der Waals surface area contributed by atoms with Crippen LogP contribution in [0.2, 0.25) is 0 Å². The Hall–Kier alpha value is -2.70. The smallest absolute Gasteiger partial charge is 0.331 e. The van der Waals surface area contributed by atoms with Gasteiger partial charge in [0.25, 0.3) is 5.91 Å². The number of amides is 1. The lowest BCUT2D eigenvalue weighted by Crippen LogP contribution is -2.27. The summed E-state index contributed by atoms with van der Waals surface area (Å²) in [4.78, 5) is 24.3. The number of likely N-dealkylation sites (N-methyl/N-ethyl adjacent to an activating group) is 1. The van der Waals surface area contributed by atoms with E-state index in [4.69, 9.17) is 18.9 Å². The molecule has 0 aliphatic heterocycles. The molecule has 1 rings (SSSR count). The van der Waals surface area contributed by atoms with Gasteiger partial charge in [0.05, 0.1) is 21.3 Å². The lowest BCUT2D eigenvalue weighted by atomic mass is 10.1. The topological polar surface area (TPSA) is 74.3 Å². The van der Waals surface area contributed by atoms with E-state index < -0.39 is 5.97 Å². The summed E-state index contributed by atoms with van der Waals surface area (Å²) in [6.45, 7) is -0.300. The lowest BCUT2D eigenvalue weighted by molar-refractivity contribution is -0.146. The number of hydrogen-bond donors (Lipinski definition) is 0. The fourth-order valence-electron chi connectivity index (χ4n) is 1.67. The predicted octanol–water partition coefficient (Wildman–Crippen LogP) is 1.36. The Morgan fingerprint density at radius 1 is 1.04 bits per heavy atom. The zero-order chi connectivity index (χ0) is 17.4. The van der Waals surface area contributed by atoms with Gasteiger partial charge in [-0.05, 0) is 23.8 Å². The van der Waals surface area contributed by atoms with Crippen LogP contribution >= 0.6 is 0 Å². The van der Waals surface area contributed by atoms with Crippen molar-refractivity contribution in [3.63, 3.8) is 0 Å². The molecule has 0 atom stereocenters. The average Bonchev–Trinajstić information content (AvgIpc) is 2.56. The van der Waals surface area contributed by atoms with Crippen LogP contribution in [0.4, 0.5) is 0 Å². The van der Waals surface area contributed by atoms with Crippen LogP contribution < -0.4 is 14.2 Å². The van der Waals surface area contributed by atoms with Gasteiger partial charge in [-0.1, -0.05) is 0 Å². The van der Waals surface area contributed by atoms with Crippen molar-refractivity contribution in [2.24, 2.45) is 0 Å². The highest BCUT2D eigenvalue weighted by Gasteiger charge is 2.12. The van der Waals surface area contributed by atoms with Crippen molar-refractivity contribution in [3.8, 4) is 17.2 Å². The normalized spacial score (nSPS) is 10.3. The molecule has 1 aromatic rings. The first-order valence-electron chi connectivity index (χ1n) is 6.78. The molecule has 0 bridgehead atoms. The molecule has 0 heterocycles. The molecule has 0 fully saturated rings. The van der Waals surface area contributed by atoms with Gasteiger partial charge in [0.1, 0.15) is 0 Å². The van der Waals surface area contributed by atoms with Gasteiger partial charge >= 0.3 is 5.97 Å². The molecule has 1 aromatic carbocycles. The van der Waals surface area contributed by atoms with Gasteiger partial charge in [0.15, 0.2) is 18.1 Å². The van der Waals surface area contributed by atoms with Crippen molar-refractivity contribution in [1.29, 1.82) is 0 Å². The molecule has 0 aliphatic carbocycles. The first kappa shape index (κ1) is 18.3. The first-order chi connectivity index (χ1) is 10.9. The zero-order valence-electron chi connectivity index (χ0n) is 13.9. The van der Waals surface area contributed by atoms with E-state index in [9.17, 15) is 9.59 Å². The molecule has 23 heavy (non-hydrogen) atoms. The SMILES string of the molecule is COc1cc(/C=C/C(=O)OCC(=O)N(C)C)cc(OC)c1OC. The number of carbonyl (C=O) groups excluding carboxylic acids is 2. The standard InChI is InChI=1S/C16H21NO6/c1-17(2)14(18)10-23-15(19)7-6-11-8-12(20-3)16(22-5)13(9-11)21-4/h6-9H,10H2,1-5H3/b7-6+. The van der Waals surface area contributed by atoms with Crippen LogP contribution in [0.5, 0.6) is 17.2 Å². The van der Waals surface area contributed by atoms with Crippen LogP contribution in [0.1, 0.15) is 5.56 Å². The van der Waals surface area contributed by atoms with Crippen LogP contribution in [0.25, 0.3) is 6.08 Å². The molecule has 0 radical (unpaired) electrons. The largest absolute Gasteiger partial charge is 0.493 e. The van der Waals surface area contributed by atoms with E-state index >= 15 is 0 Å². The summed E-state index contributed by atoms with van der Waals surface area (Å²) in [7, 11) is 7.69. The number of rotatable bonds is 7. The van der Waals surface area contributed by atoms with Gasteiger partial charge in [-0.3, -0.25) is 4.79 Å². The maximum Gasteiger partial charge on any atom is 0.331 e. The van der Waals surface area contributed by atoms with E-state index in [1.54, 1.807) is 26.2 Å². The van der Waals surface area contributed by atoms with Crippen molar-refractivity contribution in [2.75, 3.05) is 42.0 Å². The minimum atomic E-state index is -0.617. The van der Waals surface area contributed by atoms with Crippen molar-refractivity contribution in [1.82, 2.24) is 4.90 Å². The molecule has 7 nitrogen and oxygen atoms in total. The second kappa shape index (κ2) is 8.67. The molecule has 0 spiro atoms. The molecular formula is C16H21NO6. The Kier molecular flexibility index (Phi) is 6.92. The molecule has 0 saturated heterocycles. The monoisotopic (exact) mass is 323 g/mol. The van der Waals surface area contributed by atoms with E-state index in [1.165, 1.54) is 38.4 Å². The van der Waals surface area contributed by atoms with Crippen LogP contribution in [0, 0.1) is 0 Å². The highest BCUT2D eigenvalue weighted by Crippen LogP contribution is 2.38. The number of methoxy groups -OCH3 is 3. The van der Waals surface area contributed by atoms with Crippen molar-refractivity contribution in [3.05, 3.63) is 23.8 Å². The first-order valence-corrected chi connectivity index (χ1v) is 6.78. The maximum atomic E-state index is 11.6. The van der Waals surface area contributed by atoms with Crippen molar-refractivity contribution < 1.29 is 28.5 Å². The number of hydrogen-bond acceptors (Lipinski definition) is 6. The van der Waals surface area contributed by atoms with E-state index in [-0.39, 0.29) is 12.5 Å². The fourth-order valence-corrected chi connectivity index (χ4v) is 1.67. The average molecular weight is 323 g/mol. The summed E-state index contributed by atoms with van der Waals surface area (Å²) in [6.07, 6.45) is 2.76. The van der Waals surface area contributed by atoms with E-state index in [2.05, 4.69) is 0 Å². The van der Waals surface area contributed by atoms with Gasteiger partial charge in [0.2, 0.25) is 5.75 Å². The molecule has 0 saturated carbocycles. The maximum absolute atomic E-state index is 11.6. The summed E-state index contributed by atoms with van der Waals surface area (Å²) >= 11 is 0. The minimum Gasteiger partial charge on any atom is -0.493 e. The number of esters is 1. The summed E-state index contributed by atoms with van der Waals surface area (Å²) in [5.74, 6) is 0.505. The van der Waals surface area contributed by atoms with Gasteiger partial charge in [-0.25, -0.2) is 4.79 Å². The van der Waals surface area contributed by atoms with E-state index in [0.29, 0.717) is 22.8 Å². The van der Waals surface area contributed by atoms with Crippen LogP contribution in [0.3, 0.4) is 0 Å². The van der Waals surface area contributed by atoms with Crippen molar-refractivity contribution in [2.45, 2.75) is 0 Å². The van der Waals surface area contributed by atoms with E-state index in [0.717, 1.165) is 0 Å². The number of ether oxygens (including phenoxy) is 4. The fraction of sp³-hybridized carbons (Fsp3) is 0.375. The molecule has 0 unspecified atom stereocenters. The van der Waals surface area contributed by atoms with Gasteiger partial charge in [0, 0.05) is 20.2 Å². The summed E-state index contributed by atoms with van der Waals surface area (Å²) < 4.78 is 20.5. The second-order valence-electron chi connectivity index (χ2n) is 4.69. The molecule has 126 valence electrons. The molecule has 7 heteroatoms. The van der Waals surface area contributed by atoms with Crippen LogP contribution in [-0.2, 0) is 14.3 Å². The third-order valence-corrected chi connectivity index (χ3v) is 2.94. The summed E-state index contributed by atoms with van der Waals surface area (Å²) in [5, 5.41) is 0. The Labute approximate surface area is 135 Å². The summed E-state index contributed by atoms with van der Waals surface area (Å²) in [5.41, 5.74) is 0.662. The second-order valence-corrected chi connectivity index (χ2v) is 4.69. The molecule has 0 aliphatic rings. The molecular weight excluding hydrogens is 302 g/mol. The Morgan fingerprint density at radius 3 is 2.04 bits per heavy atom. The van der Waals surface area contributed by atoms with Crippen molar-refractivity contribution >= 4 is 18.0 Å². The number of carbonyl (C=O) groups is 2. The Morgan fingerprint density at radius 2 is 1.61 bits per heavy atom. The van der Waals surface area contributed by atoms with Gasteiger partial charge < -0.3 is 23.8 Å². The van der Waals surface area contributed by atoms with E-state index in [1.807, 2.05) is 0 Å². The van der Waals surface area contributed by atoms with Gasteiger partial charge in [-0.2, -0.15) is 0 Å². The third-order valence-electron chi connectivity index (χ3n) is 2.94.